The van der Waals surface area contributed by atoms with Crippen molar-refractivity contribution in [1.82, 2.24) is 24.8 Å². The minimum Gasteiger partial charge on any atom is -0.484 e. The molecule has 5 rings (SSSR count). The predicted molar refractivity (Wildman–Crippen MR) is 131 cm³/mol. The summed E-state index contributed by atoms with van der Waals surface area (Å²) in [5, 5.41) is 3.33. The summed E-state index contributed by atoms with van der Waals surface area (Å²) in [6.07, 6.45) is 6.43. The Labute approximate surface area is 203 Å². The Kier molecular flexibility index (Phi) is 6.73. The van der Waals surface area contributed by atoms with E-state index >= 15 is 0 Å². The van der Waals surface area contributed by atoms with Crippen LogP contribution < -0.4 is 15.0 Å². The molecule has 3 aromatic rings. The van der Waals surface area contributed by atoms with E-state index in [0.29, 0.717) is 39.7 Å². The number of fused-ring (bicyclic) bond motifs is 1. The number of nitrogens with zero attached hydrogens (tertiary/aromatic N) is 6. The maximum atomic E-state index is 12.3. The highest BCUT2D eigenvalue weighted by Crippen LogP contribution is 2.25. The van der Waals surface area contributed by atoms with Crippen LogP contribution >= 0.6 is 11.6 Å². The number of aryl methyl sites for hydroxylation is 1. The summed E-state index contributed by atoms with van der Waals surface area (Å²) in [6, 6.07) is 7.50. The fourth-order valence-electron chi connectivity index (χ4n) is 4.63. The van der Waals surface area contributed by atoms with Gasteiger partial charge in [-0.15, -0.1) is 0 Å². The van der Waals surface area contributed by atoms with E-state index in [1.807, 2.05) is 6.92 Å². The molecule has 1 N–H and O–H groups in total. The molecule has 2 aliphatic rings. The molecule has 0 spiro atoms. The summed E-state index contributed by atoms with van der Waals surface area (Å²) in [5.41, 5.74) is 1.84. The third-order valence-electron chi connectivity index (χ3n) is 6.42. The second kappa shape index (κ2) is 10.1. The number of carbonyl (C=O) groups excluding carboxylic acids is 1. The van der Waals surface area contributed by atoms with Crippen LogP contribution in [0.2, 0.25) is 5.02 Å². The van der Waals surface area contributed by atoms with Gasteiger partial charge in [0.2, 0.25) is 5.95 Å². The Morgan fingerprint density at radius 3 is 2.56 bits per heavy atom. The lowest BCUT2D eigenvalue weighted by Gasteiger charge is -2.36. The third kappa shape index (κ3) is 5.20. The van der Waals surface area contributed by atoms with E-state index < -0.39 is 0 Å². The summed E-state index contributed by atoms with van der Waals surface area (Å²) >= 11 is 5.86. The largest absolute Gasteiger partial charge is 0.484 e. The van der Waals surface area contributed by atoms with Crippen molar-refractivity contribution in [2.75, 3.05) is 43.0 Å². The zero-order valence-electron chi connectivity index (χ0n) is 19.2. The minimum atomic E-state index is -0.334. The molecular weight excluding hydrogens is 454 g/mol. The van der Waals surface area contributed by atoms with Crippen LogP contribution in [0, 0.1) is 6.92 Å². The first-order chi connectivity index (χ1) is 16.5. The van der Waals surface area contributed by atoms with E-state index in [4.69, 9.17) is 21.3 Å². The zero-order valence-corrected chi connectivity index (χ0v) is 20.0. The number of likely N-dealkylation sites (tertiary alicyclic amines) is 1. The zero-order chi connectivity index (χ0) is 23.5. The van der Waals surface area contributed by atoms with Crippen LogP contribution in [0.4, 0.5) is 11.8 Å². The van der Waals surface area contributed by atoms with Crippen LogP contribution in [0.5, 0.6) is 5.75 Å². The van der Waals surface area contributed by atoms with Crippen molar-refractivity contribution in [3.8, 4) is 5.75 Å². The molecule has 0 radical (unpaired) electrons. The molecule has 2 saturated heterocycles. The fourth-order valence-corrected chi connectivity index (χ4v) is 4.75. The van der Waals surface area contributed by atoms with E-state index in [2.05, 4.69) is 30.1 Å². The number of nitrogens with one attached hydrogen (secondary N) is 1. The Balaban J connectivity index is 1.21. The van der Waals surface area contributed by atoms with Crippen molar-refractivity contribution >= 4 is 40.4 Å². The van der Waals surface area contributed by atoms with Gasteiger partial charge in [0.15, 0.2) is 18.1 Å². The average molecular weight is 482 g/mol. The SMILES string of the molecule is Cc1nc(N2CCC(N3CCCC3)CC2)nc2ncc(NC(=O)COc3ccc(Cl)cc3)nc12. The van der Waals surface area contributed by atoms with Crippen molar-refractivity contribution in [3.05, 3.63) is 41.2 Å². The molecule has 0 bridgehead atoms. The predicted octanol–water partition coefficient (Wildman–Crippen LogP) is 3.46. The molecule has 2 fully saturated rings. The summed E-state index contributed by atoms with van der Waals surface area (Å²) < 4.78 is 5.48. The van der Waals surface area contributed by atoms with E-state index in [1.54, 1.807) is 24.3 Å². The van der Waals surface area contributed by atoms with Crippen molar-refractivity contribution in [2.45, 2.75) is 38.6 Å². The molecule has 178 valence electrons. The smallest absolute Gasteiger partial charge is 0.263 e. The molecule has 0 saturated carbocycles. The summed E-state index contributed by atoms with van der Waals surface area (Å²) in [7, 11) is 0. The lowest BCUT2D eigenvalue weighted by molar-refractivity contribution is -0.118. The highest BCUT2D eigenvalue weighted by atomic mass is 35.5. The molecule has 0 unspecified atom stereocenters. The van der Waals surface area contributed by atoms with Gasteiger partial charge in [0.1, 0.15) is 11.3 Å². The quantitative estimate of drug-likeness (QED) is 0.571. The number of ether oxygens (including phenoxy) is 1. The minimum absolute atomic E-state index is 0.150. The molecule has 0 aliphatic carbocycles. The number of amides is 1. The van der Waals surface area contributed by atoms with Crippen LogP contribution in [-0.2, 0) is 4.79 Å². The van der Waals surface area contributed by atoms with Gasteiger partial charge in [-0.1, -0.05) is 11.6 Å². The number of piperidine rings is 1. The van der Waals surface area contributed by atoms with Gasteiger partial charge in [-0.05, 0) is 70.0 Å². The molecule has 0 atom stereocenters. The second-order valence-electron chi connectivity index (χ2n) is 8.79. The lowest BCUT2D eigenvalue weighted by atomic mass is 10.0. The first kappa shape index (κ1) is 22.7. The van der Waals surface area contributed by atoms with E-state index in [1.165, 1.54) is 32.1 Å². The second-order valence-corrected chi connectivity index (χ2v) is 9.22. The molecule has 2 aromatic heterocycles. The highest BCUT2D eigenvalue weighted by molar-refractivity contribution is 6.30. The fraction of sp³-hybridized carbons (Fsp3) is 0.458. The number of anilines is 2. The molecule has 2 aliphatic heterocycles. The Bertz CT molecular complexity index is 1160. The Morgan fingerprint density at radius 1 is 1.09 bits per heavy atom. The number of benzene rings is 1. The number of aromatic nitrogens is 4. The van der Waals surface area contributed by atoms with E-state index in [0.717, 1.165) is 31.6 Å². The molecule has 4 heterocycles. The number of hydrogen-bond donors (Lipinski definition) is 1. The maximum Gasteiger partial charge on any atom is 0.263 e. The van der Waals surface area contributed by atoms with Crippen LogP contribution in [0.15, 0.2) is 30.5 Å². The van der Waals surface area contributed by atoms with Gasteiger partial charge in [0.25, 0.3) is 5.91 Å². The number of rotatable bonds is 6. The molecular formula is C24H28ClN7O2. The standard InChI is InChI=1S/C24H28ClN7O2/c1-16-22-23(30-24(27-16)32-12-8-18(9-13-32)31-10-2-3-11-31)26-14-20(29-22)28-21(33)15-34-19-6-4-17(25)5-7-19/h4-7,14,18H,2-3,8-13,15H2,1H3,(H,28,29,33). The molecule has 10 heteroatoms. The van der Waals surface area contributed by atoms with Crippen molar-refractivity contribution in [1.29, 1.82) is 0 Å². The van der Waals surface area contributed by atoms with Gasteiger partial charge in [-0.3, -0.25) is 4.79 Å². The third-order valence-corrected chi connectivity index (χ3v) is 6.68. The van der Waals surface area contributed by atoms with Crippen molar-refractivity contribution in [2.24, 2.45) is 0 Å². The van der Waals surface area contributed by atoms with Gasteiger partial charge in [0, 0.05) is 24.2 Å². The van der Waals surface area contributed by atoms with Crippen LogP contribution in [0.1, 0.15) is 31.4 Å². The summed E-state index contributed by atoms with van der Waals surface area (Å²) in [6.45, 7) is 6.11. The van der Waals surface area contributed by atoms with Gasteiger partial charge < -0.3 is 19.9 Å². The Hall–Kier alpha value is -3.04. The molecule has 34 heavy (non-hydrogen) atoms. The van der Waals surface area contributed by atoms with E-state index in [9.17, 15) is 4.79 Å². The van der Waals surface area contributed by atoms with Crippen molar-refractivity contribution in [3.63, 3.8) is 0 Å². The normalized spacial score (nSPS) is 17.3. The molecule has 1 aromatic carbocycles. The van der Waals surface area contributed by atoms with E-state index in [-0.39, 0.29) is 12.5 Å². The topological polar surface area (TPSA) is 96.4 Å². The first-order valence-electron chi connectivity index (χ1n) is 11.7. The van der Waals surface area contributed by atoms with Gasteiger partial charge in [0.05, 0.1) is 11.9 Å². The Morgan fingerprint density at radius 2 is 1.82 bits per heavy atom. The molecule has 9 nitrogen and oxygen atoms in total. The number of hydrogen-bond acceptors (Lipinski definition) is 8. The van der Waals surface area contributed by atoms with Crippen molar-refractivity contribution < 1.29 is 9.53 Å². The number of halogens is 1. The highest BCUT2D eigenvalue weighted by Gasteiger charge is 2.27. The monoisotopic (exact) mass is 481 g/mol. The average Bonchev–Trinajstić information content (AvgIpc) is 3.39. The van der Waals surface area contributed by atoms with Crippen LogP contribution in [-0.4, -0.2) is 69.6 Å². The first-order valence-corrected chi connectivity index (χ1v) is 12.1. The van der Waals surface area contributed by atoms with Crippen LogP contribution in [0.3, 0.4) is 0 Å². The lowest BCUT2D eigenvalue weighted by Crippen LogP contribution is -2.44. The molecule has 1 amide bonds. The summed E-state index contributed by atoms with van der Waals surface area (Å²) in [5.74, 6) is 1.26. The van der Waals surface area contributed by atoms with Gasteiger partial charge in [-0.25, -0.2) is 15.0 Å². The van der Waals surface area contributed by atoms with Gasteiger partial charge >= 0.3 is 0 Å². The maximum absolute atomic E-state index is 12.3. The van der Waals surface area contributed by atoms with Gasteiger partial charge in [-0.2, -0.15) is 4.98 Å². The summed E-state index contributed by atoms with van der Waals surface area (Å²) in [4.78, 5) is 35.5. The van der Waals surface area contributed by atoms with Crippen LogP contribution in [0.25, 0.3) is 11.2 Å². The number of carbonyl (C=O) groups is 1.